The lowest BCUT2D eigenvalue weighted by atomic mass is 9.98. The number of hydrogen-bond acceptors (Lipinski definition) is 7. The topological polar surface area (TPSA) is 144 Å². The minimum absolute atomic E-state index is 0.0426. The standard InChI is InChI=1S/C37H43N3O8/c1-4-21-47-36(44)38-19-9-10-20-40(23-26-15-16-27(46-3)22-25(26)2)34(41)18-17-33(35(42)43)39-37(45)48-24-32-30-13-7-5-11-28(30)29-12-6-8-14-31(29)32/h4-8,11-16,22,32-33H,1,9-10,17-21,23-24H2,2-3H3,(H,38,44)(H,39,45)(H,42,43)/t33-/m0/s1. The van der Waals surface area contributed by atoms with Gasteiger partial charge in [0.15, 0.2) is 0 Å². The van der Waals surface area contributed by atoms with E-state index in [9.17, 15) is 24.3 Å². The zero-order valence-electron chi connectivity index (χ0n) is 27.4. The minimum Gasteiger partial charge on any atom is -0.497 e. The minimum atomic E-state index is -1.32. The molecule has 3 N–H and O–H groups in total. The normalized spacial score (nSPS) is 12.2. The van der Waals surface area contributed by atoms with Crippen LogP contribution in [0.2, 0.25) is 0 Å². The van der Waals surface area contributed by atoms with Gasteiger partial charge in [-0.05, 0) is 71.7 Å². The molecule has 3 aromatic rings. The van der Waals surface area contributed by atoms with Gasteiger partial charge in [-0.15, -0.1) is 0 Å². The van der Waals surface area contributed by atoms with Crippen molar-refractivity contribution >= 4 is 24.1 Å². The summed E-state index contributed by atoms with van der Waals surface area (Å²) in [5.74, 6) is -0.990. The van der Waals surface area contributed by atoms with E-state index in [1.165, 1.54) is 6.08 Å². The summed E-state index contributed by atoms with van der Waals surface area (Å²) in [4.78, 5) is 51.7. The highest BCUT2D eigenvalue weighted by Crippen LogP contribution is 2.44. The molecule has 0 spiro atoms. The molecule has 11 heteroatoms. The van der Waals surface area contributed by atoms with E-state index in [-0.39, 0.29) is 37.9 Å². The van der Waals surface area contributed by atoms with Gasteiger partial charge in [0.1, 0.15) is 25.0 Å². The van der Waals surface area contributed by atoms with Crippen molar-refractivity contribution in [2.45, 2.75) is 51.1 Å². The number of aryl methyl sites for hydroxylation is 1. The SMILES string of the molecule is C=CCOC(=O)NCCCCN(Cc1ccc(OC)cc1C)C(=O)CC[C@H](NC(=O)OCC1c2ccccc2-c2ccccc21)C(=O)O. The molecule has 0 aliphatic heterocycles. The van der Waals surface area contributed by atoms with E-state index in [2.05, 4.69) is 17.2 Å². The van der Waals surface area contributed by atoms with Gasteiger partial charge in [-0.3, -0.25) is 4.79 Å². The Labute approximate surface area is 280 Å². The maximum absolute atomic E-state index is 13.5. The number of hydrogen-bond donors (Lipinski definition) is 3. The van der Waals surface area contributed by atoms with Crippen LogP contribution in [-0.2, 0) is 25.6 Å². The first-order chi connectivity index (χ1) is 23.2. The molecule has 3 aromatic carbocycles. The van der Waals surface area contributed by atoms with Gasteiger partial charge in [0.25, 0.3) is 0 Å². The van der Waals surface area contributed by atoms with Crippen molar-refractivity contribution in [1.82, 2.24) is 15.5 Å². The molecule has 0 fully saturated rings. The fourth-order valence-electron chi connectivity index (χ4n) is 5.74. The molecule has 0 saturated heterocycles. The number of nitrogens with one attached hydrogen (secondary N) is 2. The predicted octanol–water partition coefficient (Wildman–Crippen LogP) is 5.80. The lowest BCUT2D eigenvalue weighted by Gasteiger charge is -2.25. The van der Waals surface area contributed by atoms with Gasteiger partial charge in [0.2, 0.25) is 5.91 Å². The monoisotopic (exact) mass is 657 g/mol. The highest BCUT2D eigenvalue weighted by molar-refractivity contribution is 5.82. The molecule has 254 valence electrons. The highest BCUT2D eigenvalue weighted by Gasteiger charge is 2.30. The summed E-state index contributed by atoms with van der Waals surface area (Å²) in [6, 6.07) is 20.1. The summed E-state index contributed by atoms with van der Waals surface area (Å²) in [7, 11) is 1.58. The van der Waals surface area contributed by atoms with Crippen LogP contribution in [0.4, 0.5) is 9.59 Å². The summed E-state index contributed by atoms with van der Waals surface area (Å²) >= 11 is 0. The number of ether oxygens (including phenoxy) is 3. The van der Waals surface area contributed by atoms with Gasteiger partial charge in [-0.2, -0.15) is 0 Å². The van der Waals surface area contributed by atoms with Crippen LogP contribution in [0, 0.1) is 6.92 Å². The number of benzene rings is 3. The second kappa shape index (κ2) is 17.6. The van der Waals surface area contributed by atoms with Crippen LogP contribution >= 0.6 is 0 Å². The lowest BCUT2D eigenvalue weighted by Crippen LogP contribution is -2.42. The molecule has 0 aromatic heterocycles. The number of carboxylic acids is 1. The summed E-state index contributed by atoms with van der Waals surface area (Å²) in [6.45, 7) is 6.64. The molecule has 0 radical (unpaired) electrons. The average molecular weight is 658 g/mol. The van der Waals surface area contributed by atoms with Gasteiger partial charge in [0.05, 0.1) is 7.11 Å². The van der Waals surface area contributed by atoms with Gasteiger partial charge in [0, 0.05) is 32.0 Å². The zero-order valence-corrected chi connectivity index (χ0v) is 27.4. The molecule has 1 aliphatic carbocycles. The van der Waals surface area contributed by atoms with Crippen LogP contribution in [0.3, 0.4) is 0 Å². The molecule has 4 rings (SSSR count). The number of unbranched alkanes of at least 4 members (excludes halogenated alkanes) is 1. The molecule has 0 heterocycles. The van der Waals surface area contributed by atoms with Crippen LogP contribution in [-0.4, -0.2) is 73.5 Å². The Balaban J connectivity index is 1.33. The molecular formula is C37H43N3O8. The molecule has 0 unspecified atom stereocenters. The molecule has 1 aliphatic rings. The number of carbonyl (C=O) groups excluding carboxylic acids is 3. The van der Waals surface area contributed by atoms with E-state index in [0.717, 1.165) is 33.4 Å². The third-order valence-electron chi connectivity index (χ3n) is 8.30. The maximum Gasteiger partial charge on any atom is 0.407 e. The van der Waals surface area contributed by atoms with Crippen LogP contribution in [0.25, 0.3) is 11.1 Å². The number of aliphatic carboxylic acids is 1. The summed E-state index contributed by atoms with van der Waals surface area (Å²) in [5, 5.41) is 15.0. The van der Waals surface area contributed by atoms with E-state index in [1.54, 1.807) is 12.0 Å². The Morgan fingerprint density at radius 1 is 0.958 bits per heavy atom. The molecule has 1 atom stereocenters. The van der Waals surface area contributed by atoms with E-state index < -0.39 is 24.2 Å². The van der Waals surface area contributed by atoms with Crippen molar-refractivity contribution in [2.75, 3.05) is 33.4 Å². The van der Waals surface area contributed by atoms with Crippen molar-refractivity contribution in [3.63, 3.8) is 0 Å². The lowest BCUT2D eigenvalue weighted by molar-refractivity contribution is -0.140. The Morgan fingerprint density at radius 3 is 2.27 bits per heavy atom. The predicted molar refractivity (Wildman–Crippen MR) is 181 cm³/mol. The number of methoxy groups -OCH3 is 1. The molecule has 0 saturated carbocycles. The summed E-state index contributed by atoms with van der Waals surface area (Å²) in [6.07, 6.45) is 1.03. The van der Waals surface area contributed by atoms with E-state index in [4.69, 9.17) is 14.2 Å². The van der Waals surface area contributed by atoms with E-state index >= 15 is 0 Å². The van der Waals surface area contributed by atoms with Gasteiger partial charge < -0.3 is 34.9 Å². The third-order valence-corrected chi connectivity index (χ3v) is 8.30. The zero-order chi connectivity index (χ0) is 34.5. The van der Waals surface area contributed by atoms with Crippen molar-refractivity contribution in [1.29, 1.82) is 0 Å². The first-order valence-electron chi connectivity index (χ1n) is 16.0. The molecule has 0 bridgehead atoms. The number of amides is 3. The molecule has 3 amide bonds. The molecular weight excluding hydrogens is 614 g/mol. The smallest absolute Gasteiger partial charge is 0.407 e. The Hall–Kier alpha value is -5.32. The average Bonchev–Trinajstić information content (AvgIpc) is 3.41. The first-order valence-corrected chi connectivity index (χ1v) is 16.0. The van der Waals surface area contributed by atoms with Gasteiger partial charge >= 0.3 is 18.2 Å². The Morgan fingerprint density at radius 2 is 1.65 bits per heavy atom. The fourth-order valence-corrected chi connectivity index (χ4v) is 5.74. The van der Waals surface area contributed by atoms with Crippen molar-refractivity contribution < 1.29 is 38.5 Å². The van der Waals surface area contributed by atoms with Crippen LogP contribution in [0.15, 0.2) is 79.4 Å². The maximum atomic E-state index is 13.5. The summed E-state index contributed by atoms with van der Waals surface area (Å²) in [5.41, 5.74) is 6.12. The highest BCUT2D eigenvalue weighted by atomic mass is 16.6. The van der Waals surface area contributed by atoms with E-state index in [1.807, 2.05) is 73.7 Å². The van der Waals surface area contributed by atoms with Gasteiger partial charge in [-0.1, -0.05) is 67.3 Å². The second-order valence-corrected chi connectivity index (χ2v) is 11.5. The Kier molecular flexibility index (Phi) is 13.0. The number of rotatable bonds is 17. The molecule has 48 heavy (non-hydrogen) atoms. The Bertz CT molecular complexity index is 1560. The number of alkyl carbamates (subject to hydrolysis) is 2. The second-order valence-electron chi connectivity index (χ2n) is 11.5. The van der Waals surface area contributed by atoms with Crippen LogP contribution in [0.1, 0.15) is 53.9 Å². The van der Waals surface area contributed by atoms with Crippen molar-refractivity contribution in [2.24, 2.45) is 0 Å². The van der Waals surface area contributed by atoms with Crippen LogP contribution in [0.5, 0.6) is 5.75 Å². The third kappa shape index (κ3) is 9.60. The van der Waals surface area contributed by atoms with Gasteiger partial charge in [-0.25, -0.2) is 14.4 Å². The van der Waals surface area contributed by atoms with Crippen molar-refractivity contribution in [3.05, 3.63) is 102 Å². The molecule has 11 nitrogen and oxygen atoms in total. The number of fused-ring (bicyclic) bond motifs is 3. The number of nitrogens with zero attached hydrogens (tertiary/aromatic N) is 1. The fraction of sp³-hybridized carbons (Fsp3) is 0.351. The van der Waals surface area contributed by atoms with Crippen LogP contribution < -0.4 is 15.4 Å². The van der Waals surface area contributed by atoms with E-state index in [0.29, 0.717) is 38.2 Å². The quantitative estimate of drug-likeness (QED) is 0.122. The largest absolute Gasteiger partial charge is 0.497 e. The summed E-state index contributed by atoms with van der Waals surface area (Å²) < 4.78 is 15.7. The first kappa shape index (κ1) is 35.5. The number of carboxylic acid groups (broad SMARTS) is 1. The van der Waals surface area contributed by atoms with Crippen molar-refractivity contribution in [3.8, 4) is 16.9 Å². The number of carbonyl (C=O) groups is 4.